The number of pyridine rings is 2. The van der Waals surface area contributed by atoms with Gasteiger partial charge in [-0.05, 0) is 59.4 Å². The molecule has 4 aromatic rings. The molecule has 278 valence electrons. The van der Waals surface area contributed by atoms with E-state index in [1.807, 2.05) is 36.4 Å². The van der Waals surface area contributed by atoms with Crippen molar-refractivity contribution in [2.24, 2.45) is 0 Å². The molecule has 6 N–H and O–H groups in total. The van der Waals surface area contributed by atoms with Gasteiger partial charge in [-0.15, -0.1) is 0 Å². The highest BCUT2D eigenvalue weighted by Crippen LogP contribution is 2.31. The summed E-state index contributed by atoms with van der Waals surface area (Å²) in [4.78, 5) is 30.5. The molecule has 0 unspecified atom stereocenters. The Bertz CT molecular complexity index is 1690. The van der Waals surface area contributed by atoms with Gasteiger partial charge in [0.25, 0.3) is 0 Å². The molecule has 0 spiro atoms. The van der Waals surface area contributed by atoms with Gasteiger partial charge in [0.15, 0.2) is 0 Å². The Hall–Kier alpha value is -5.28. The number of aliphatic carboxylic acids is 2. The lowest BCUT2D eigenvalue weighted by molar-refractivity contribution is -0.140. The van der Waals surface area contributed by atoms with Crippen molar-refractivity contribution >= 4 is 11.9 Å². The van der Waals surface area contributed by atoms with Crippen LogP contribution in [0.15, 0.2) is 60.7 Å². The number of methoxy groups -OCH3 is 2. The number of rotatable bonds is 21. The minimum atomic E-state index is -1.06. The number of nitrogens with one attached hydrogen (secondary N) is 2. The smallest absolute Gasteiger partial charge is 0.306 e. The standard InChI is InChI=1S/C38H46N4O10/c1-23-27(21-51-33-13-11-25(37(41-33)49-3)17-39-19-29(43)15-35(45)46)7-5-9-31(23)32-10-6-8-28(24(32)2)22-52-34-14-12-26(38(42-34)50-4)18-40-20-30(44)16-36(47)48/h5-14,29-30,39-40,43-44H,15-22H2,1-4H3,(H,45,46)(H,47,48)/t29-,30-/m0/s1. The summed E-state index contributed by atoms with van der Waals surface area (Å²) in [5, 5.41) is 43.3. The van der Waals surface area contributed by atoms with Gasteiger partial charge < -0.3 is 50.0 Å². The molecule has 2 aromatic carbocycles. The van der Waals surface area contributed by atoms with E-state index in [1.165, 1.54) is 14.2 Å². The molecule has 0 aliphatic heterocycles. The summed E-state index contributed by atoms with van der Waals surface area (Å²) in [6.07, 6.45) is -2.68. The summed E-state index contributed by atoms with van der Waals surface area (Å²) in [6.45, 7) is 5.55. The molecule has 2 heterocycles. The predicted molar refractivity (Wildman–Crippen MR) is 192 cm³/mol. The monoisotopic (exact) mass is 718 g/mol. The summed E-state index contributed by atoms with van der Waals surface area (Å²) < 4.78 is 23.0. The lowest BCUT2D eigenvalue weighted by Crippen LogP contribution is -2.28. The number of ether oxygens (including phenoxy) is 4. The fraction of sp³-hybridized carbons (Fsp3) is 0.368. The molecular weight excluding hydrogens is 672 g/mol. The summed E-state index contributed by atoms with van der Waals surface area (Å²) in [5.41, 5.74) is 7.68. The SMILES string of the molecule is COc1nc(OCc2cccc(-c3cccc(COc4ccc(CNC[C@@H](O)CC(=O)O)c(OC)n4)c3C)c2C)ccc1CNC[C@@H](O)CC(=O)O. The fourth-order valence-electron chi connectivity index (χ4n) is 5.55. The van der Waals surface area contributed by atoms with E-state index in [1.54, 1.807) is 12.1 Å². The molecule has 0 saturated carbocycles. The molecule has 2 aromatic heterocycles. The minimum absolute atomic E-state index is 0.117. The highest BCUT2D eigenvalue weighted by Gasteiger charge is 2.15. The maximum atomic E-state index is 10.8. The number of nitrogens with zero attached hydrogens (tertiary/aromatic N) is 2. The van der Waals surface area contributed by atoms with Crippen molar-refractivity contribution in [3.8, 4) is 34.6 Å². The summed E-state index contributed by atoms with van der Waals surface area (Å²) >= 11 is 0. The van der Waals surface area contributed by atoms with Crippen LogP contribution in [0.2, 0.25) is 0 Å². The van der Waals surface area contributed by atoms with Gasteiger partial charge in [-0.1, -0.05) is 36.4 Å². The van der Waals surface area contributed by atoms with Crippen LogP contribution in [0.1, 0.15) is 46.2 Å². The van der Waals surface area contributed by atoms with Crippen LogP contribution in [0.5, 0.6) is 23.5 Å². The second kappa shape index (κ2) is 19.4. The van der Waals surface area contributed by atoms with Crippen LogP contribution in [-0.4, -0.2) is 81.8 Å². The average Bonchev–Trinajstić information content (AvgIpc) is 3.11. The number of aliphatic hydroxyl groups excluding tert-OH is 2. The van der Waals surface area contributed by atoms with Gasteiger partial charge in [-0.3, -0.25) is 9.59 Å². The van der Waals surface area contributed by atoms with Crippen LogP contribution in [0.25, 0.3) is 11.1 Å². The van der Waals surface area contributed by atoms with Crippen LogP contribution in [-0.2, 0) is 35.9 Å². The van der Waals surface area contributed by atoms with Gasteiger partial charge in [0.05, 0.1) is 39.3 Å². The van der Waals surface area contributed by atoms with Gasteiger partial charge in [0.1, 0.15) is 13.2 Å². The van der Waals surface area contributed by atoms with Crippen molar-refractivity contribution in [1.29, 1.82) is 0 Å². The molecule has 0 saturated heterocycles. The zero-order chi connectivity index (χ0) is 37.6. The van der Waals surface area contributed by atoms with Crippen LogP contribution in [0.4, 0.5) is 0 Å². The Balaban J connectivity index is 1.39. The molecule has 0 amide bonds. The quantitative estimate of drug-likeness (QED) is 0.0727. The largest absolute Gasteiger partial charge is 0.481 e. The van der Waals surface area contributed by atoms with E-state index in [4.69, 9.17) is 29.2 Å². The highest BCUT2D eigenvalue weighted by atomic mass is 16.5. The van der Waals surface area contributed by atoms with Gasteiger partial charge in [0.2, 0.25) is 23.5 Å². The number of aromatic nitrogens is 2. The van der Waals surface area contributed by atoms with Gasteiger partial charge in [-0.25, -0.2) is 0 Å². The number of carboxylic acids is 2. The molecule has 0 aliphatic rings. The summed E-state index contributed by atoms with van der Waals surface area (Å²) in [6, 6.07) is 19.3. The van der Waals surface area contributed by atoms with E-state index in [-0.39, 0.29) is 39.1 Å². The van der Waals surface area contributed by atoms with Crippen molar-refractivity contribution in [3.63, 3.8) is 0 Å². The van der Waals surface area contributed by atoms with Crippen molar-refractivity contribution < 1.29 is 49.0 Å². The zero-order valence-electron chi connectivity index (χ0n) is 29.7. The van der Waals surface area contributed by atoms with E-state index in [0.717, 1.165) is 44.5 Å². The molecule has 2 atom stereocenters. The summed E-state index contributed by atoms with van der Waals surface area (Å²) in [7, 11) is 3.02. The number of benzene rings is 2. The second-order valence-electron chi connectivity index (χ2n) is 12.2. The lowest BCUT2D eigenvalue weighted by atomic mass is 9.92. The Morgan fingerprint density at radius 2 is 1.04 bits per heavy atom. The normalized spacial score (nSPS) is 12.2. The van der Waals surface area contributed by atoms with Crippen LogP contribution >= 0.6 is 0 Å². The molecule has 0 fully saturated rings. The minimum Gasteiger partial charge on any atom is -0.481 e. The maximum Gasteiger partial charge on any atom is 0.306 e. The van der Waals surface area contributed by atoms with Crippen LogP contribution < -0.4 is 29.6 Å². The highest BCUT2D eigenvalue weighted by molar-refractivity contribution is 5.72. The van der Waals surface area contributed by atoms with Gasteiger partial charge in [0, 0.05) is 49.4 Å². The van der Waals surface area contributed by atoms with E-state index < -0.39 is 24.1 Å². The molecule has 14 heteroatoms. The molecule has 14 nitrogen and oxygen atoms in total. The maximum absolute atomic E-state index is 10.8. The van der Waals surface area contributed by atoms with Crippen molar-refractivity contribution in [3.05, 3.63) is 94.0 Å². The van der Waals surface area contributed by atoms with Gasteiger partial charge >= 0.3 is 11.9 Å². The number of carbonyl (C=O) groups is 2. The third kappa shape index (κ3) is 11.4. The Morgan fingerprint density at radius 1 is 0.635 bits per heavy atom. The van der Waals surface area contributed by atoms with Crippen molar-refractivity contribution in [2.45, 2.75) is 65.2 Å². The molecule has 0 aliphatic carbocycles. The number of hydrogen-bond donors (Lipinski definition) is 6. The Labute approximate surface area is 302 Å². The molecule has 4 rings (SSSR count). The second-order valence-corrected chi connectivity index (χ2v) is 12.2. The predicted octanol–water partition coefficient (Wildman–Crippen LogP) is 3.79. The average molecular weight is 719 g/mol. The van der Waals surface area contributed by atoms with E-state index in [2.05, 4.69) is 46.6 Å². The van der Waals surface area contributed by atoms with E-state index in [0.29, 0.717) is 36.6 Å². The Kier molecular flexibility index (Phi) is 14.7. The first-order valence-electron chi connectivity index (χ1n) is 16.7. The molecule has 0 bridgehead atoms. The first-order chi connectivity index (χ1) is 25.0. The van der Waals surface area contributed by atoms with Crippen molar-refractivity contribution in [1.82, 2.24) is 20.6 Å². The van der Waals surface area contributed by atoms with E-state index >= 15 is 0 Å². The number of hydrogen-bond acceptors (Lipinski definition) is 12. The lowest BCUT2D eigenvalue weighted by Gasteiger charge is -2.17. The zero-order valence-corrected chi connectivity index (χ0v) is 29.7. The Morgan fingerprint density at radius 3 is 1.40 bits per heavy atom. The summed E-state index contributed by atoms with van der Waals surface area (Å²) in [5.74, 6) is -0.625. The van der Waals surface area contributed by atoms with Crippen LogP contribution in [0, 0.1) is 13.8 Å². The van der Waals surface area contributed by atoms with Crippen molar-refractivity contribution in [2.75, 3.05) is 27.3 Å². The first-order valence-corrected chi connectivity index (χ1v) is 16.7. The molecule has 52 heavy (non-hydrogen) atoms. The van der Waals surface area contributed by atoms with E-state index in [9.17, 15) is 19.8 Å². The van der Waals surface area contributed by atoms with Gasteiger partial charge in [-0.2, -0.15) is 9.97 Å². The first kappa shape index (κ1) is 39.5. The fourth-order valence-corrected chi connectivity index (χ4v) is 5.55. The topological polar surface area (TPSA) is 202 Å². The molecular formula is C38H46N4O10. The number of carboxylic acid groups (broad SMARTS) is 2. The third-order valence-corrected chi connectivity index (χ3v) is 8.36. The van der Waals surface area contributed by atoms with Crippen LogP contribution in [0.3, 0.4) is 0 Å². The molecule has 0 radical (unpaired) electrons. The third-order valence-electron chi connectivity index (χ3n) is 8.36. The number of aliphatic hydroxyl groups is 2.